The third-order valence-electron chi connectivity index (χ3n) is 3.95. The number of aryl methyl sites for hydroxylation is 1. The fraction of sp³-hybridized carbons (Fsp3) is 0.467. The van der Waals surface area contributed by atoms with Crippen LogP contribution >= 0.6 is 0 Å². The van der Waals surface area contributed by atoms with Gasteiger partial charge in [-0.15, -0.1) is 0 Å². The van der Waals surface area contributed by atoms with E-state index < -0.39 is 6.04 Å². The second-order valence-corrected chi connectivity index (χ2v) is 5.55. The molecule has 1 aliphatic carbocycles. The van der Waals surface area contributed by atoms with Gasteiger partial charge in [0.15, 0.2) is 0 Å². The lowest BCUT2D eigenvalue weighted by molar-refractivity contribution is -0.126. The van der Waals surface area contributed by atoms with Crippen LogP contribution in [0.2, 0.25) is 0 Å². The van der Waals surface area contributed by atoms with Crippen LogP contribution in [0.25, 0.3) is 0 Å². The second-order valence-electron chi connectivity index (χ2n) is 5.55. The van der Waals surface area contributed by atoms with Crippen molar-refractivity contribution in [2.24, 2.45) is 5.92 Å². The quantitative estimate of drug-likeness (QED) is 0.895. The number of carbonyl (C=O) groups is 2. The Hall–Kier alpha value is -1.91. The molecule has 1 aliphatic heterocycles. The van der Waals surface area contributed by atoms with Crippen LogP contribution in [0.15, 0.2) is 18.2 Å². The van der Waals surface area contributed by atoms with Crippen LogP contribution in [0.3, 0.4) is 0 Å². The van der Waals surface area contributed by atoms with E-state index >= 15 is 0 Å². The summed E-state index contributed by atoms with van der Waals surface area (Å²) in [6.45, 7) is 2.12. The summed E-state index contributed by atoms with van der Waals surface area (Å²) in [6, 6.07) is 3.95. The van der Waals surface area contributed by atoms with Gasteiger partial charge in [0, 0.05) is 18.7 Å². The molecule has 2 aliphatic rings. The minimum absolute atomic E-state index is 0.0759. The summed E-state index contributed by atoms with van der Waals surface area (Å²) in [6.07, 6.45) is 2.24. The maximum atomic E-state index is 13.2. The van der Waals surface area contributed by atoms with Crippen molar-refractivity contribution in [3.63, 3.8) is 0 Å². The summed E-state index contributed by atoms with van der Waals surface area (Å²) in [5.74, 6) is -0.222. The van der Waals surface area contributed by atoms with Gasteiger partial charge >= 0.3 is 0 Å². The van der Waals surface area contributed by atoms with Crippen LogP contribution in [-0.4, -0.2) is 24.4 Å². The normalized spacial score (nSPS) is 23.5. The van der Waals surface area contributed by atoms with Gasteiger partial charge in [0.1, 0.15) is 11.9 Å². The van der Waals surface area contributed by atoms with Gasteiger partial charge in [0.25, 0.3) is 0 Å². The van der Waals surface area contributed by atoms with Crippen molar-refractivity contribution in [3.8, 4) is 0 Å². The monoisotopic (exact) mass is 276 g/mol. The van der Waals surface area contributed by atoms with E-state index in [1.165, 1.54) is 12.1 Å². The zero-order chi connectivity index (χ0) is 14.3. The average molecular weight is 276 g/mol. The third kappa shape index (κ3) is 2.40. The van der Waals surface area contributed by atoms with Crippen molar-refractivity contribution < 1.29 is 14.0 Å². The Balaban J connectivity index is 1.93. The highest BCUT2D eigenvalue weighted by atomic mass is 19.1. The molecule has 1 aromatic carbocycles. The van der Waals surface area contributed by atoms with Gasteiger partial charge < -0.3 is 10.2 Å². The van der Waals surface area contributed by atoms with Crippen molar-refractivity contribution in [1.82, 2.24) is 5.32 Å². The summed E-state index contributed by atoms with van der Waals surface area (Å²) < 4.78 is 13.2. The van der Waals surface area contributed by atoms with Crippen molar-refractivity contribution in [3.05, 3.63) is 29.6 Å². The highest BCUT2D eigenvalue weighted by Gasteiger charge is 2.41. The summed E-state index contributed by atoms with van der Waals surface area (Å²) in [5.41, 5.74) is 1.40. The van der Waals surface area contributed by atoms with E-state index in [1.54, 1.807) is 17.9 Å². The van der Waals surface area contributed by atoms with Gasteiger partial charge in [0.2, 0.25) is 11.8 Å². The lowest BCUT2D eigenvalue weighted by atomic mass is 10.1. The molecule has 1 atom stereocenters. The zero-order valence-corrected chi connectivity index (χ0v) is 11.4. The summed E-state index contributed by atoms with van der Waals surface area (Å²) in [5, 5.41) is 2.82. The lowest BCUT2D eigenvalue weighted by Crippen LogP contribution is -2.46. The number of carbonyl (C=O) groups excluding carboxylic acids is 2. The molecule has 2 amide bonds. The number of amides is 2. The van der Waals surface area contributed by atoms with Gasteiger partial charge in [-0.1, -0.05) is 0 Å². The number of rotatable bonds is 2. The predicted octanol–water partition coefficient (Wildman–Crippen LogP) is 1.77. The van der Waals surface area contributed by atoms with Crippen molar-refractivity contribution in [1.29, 1.82) is 0 Å². The number of halogens is 1. The number of anilines is 1. The third-order valence-corrected chi connectivity index (χ3v) is 3.95. The van der Waals surface area contributed by atoms with Gasteiger partial charge in [-0.05, 0) is 49.4 Å². The number of hydrogen-bond donors (Lipinski definition) is 1. The Kier molecular flexibility index (Phi) is 3.20. The molecule has 4 nitrogen and oxygen atoms in total. The smallest absolute Gasteiger partial charge is 0.249 e. The Labute approximate surface area is 117 Å². The first-order valence-electron chi connectivity index (χ1n) is 6.93. The molecule has 0 aromatic heterocycles. The zero-order valence-electron chi connectivity index (χ0n) is 11.4. The summed E-state index contributed by atoms with van der Waals surface area (Å²) >= 11 is 0. The first-order valence-corrected chi connectivity index (χ1v) is 6.93. The largest absolute Gasteiger partial charge is 0.344 e. The Morgan fingerprint density at radius 2 is 2.05 bits per heavy atom. The van der Waals surface area contributed by atoms with E-state index in [-0.39, 0.29) is 30.0 Å². The molecular weight excluding hydrogens is 259 g/mol. The van der Waals surface area contributed by atoms with Crippen molar-refractivity contribution >= 4 is 17.5 Å². The molecule has 0 radical (unpaired) electrons. The molecule has 2 fully saturated rings. The van der Waals surface area contributed by atoms with E-state index in [1.807, 2.05) is 0 Å². The number of hydrogen-bond acceptors (Lipinski definition) is 2. The Morgan fingerprint density at radius 3 is 2.70 bits per heavy atom. The van der Waals surface area contributed by atoms with Crippen LogP contribution in [0, 0.1) is 18.7 Å². The molecule has 106 valence electrons. The van der Waals surface area contributed by atoms with E-state index in [4.69, 9.17) is 0 Å². The van der Waals surface area contributed by atoms with E-state index in [0.717, 1.165) is 12.8 Å². The maximum absolute atomic E-state index is 13.2. The molecule has 1 heterocycles. The van der Waals surface area contributed by atoms with Crippen LogP contribution in [0.4, 0.5) is 10.1 Å². The van der Waals surface area contributed by atoms with Crippen LogP contribution in [-0.2, 0) is 9.59 Å². The molecule has 1 saturated carbocycles. The minimum atomic E-state index is -0.422. The van der Waals surface area contributed by atoms with Crippen LogP contribution < -0.4 is 10.2 Å². The molecule has 1 saturated heterocycles. The summed E-state index contributed by atoms with van der Waals surface area (Å²) in [4.78, 5) is 26.0. The lowest BCUT2D eigenvalue weighted by Gasteiger charge is -2.25. The fourth-order valence-corrected chi connectivity index (χ4v) is 2.71. The molecule has 1 aromatic rings. The van der Waals surface area contributed by atoms with Crippen LogP contribution in [0.1, 0.15) is 24.8 Å². The standard InChI is InChI=1S/C15H17FN2O2/c1-9-8-11(16)4-5-12(9)18-7-6-13(19)17-14(15(18)20)10-2-3-10/h4-5,8,10,14H,2-3,6-7H2,1H3,(H,17,19). The molecule has 1 unspecified atom stereocenters. The highest BCUT2D eigenvalue weighted by Crippen LogP contribution is 2.35. The molecule has 0 bridgehead atoms. The average Bonchev–Trinajstić information content (AvgIpc) is 3.21. The highest BCUT2D eigenvalue weighted by molar-refractivity contribution is 6.02. The number of nitrogens with zero attached hydrogens (tertiary/aromatic N) is 1. The topological polar surface area (TPSA) is 49.4 Å². The summed E-state index contributed by atoms with van der Waals surface area (Å²) in [7, 11) is 0. The van der Waals surface area contributed by atoms with Crippen molar-refractivity contribution in [2.75, 3.05) is 11.4 Å². The molecule has 0 spiro atoms. The minimum Gasteiger partial charge on any atom is -0.344 e. The molecular formula is C15H17FN2O2. The van der Waals surface area contributed by atoms with Gasteiger partial charge in [-0.2, -0.15) is 0 Å². The maximum Gasteiger partial charge on any atom is 0.249 e. The fourth-order valence-electron chi connectivity index (χ4n) is 2.71. The van der Waals surface area contributed by atoms with E-state index in [2.05, 4.69) is 5.32 Å². The first kappa shape index (κ1) is 13.1. The second kappa shape index (κ2) is 4.89. The number of nitrogens with one attached hydrogen (secondary N) is 1. The molecule has 3 rings (SSSR count). The SMILES string of the molecule is Cc1cc(F)ccc1N1CCC(=O)NC(C2CC2)C1=O. The number of benzene rings is 1. The molecule has 20 heavy (non-hydrogen) atoms. The van der Waals surface area contributed by atoms with Crippen LogP contribution in [0.5, 0.6) is 0 Å². The van der Waals surface area contributed by atoms with E-state index in [0.29, 0.717) is 17.8 Å². The van der Waals surface area contributed by atoms with Crippen molar-refractivity contribution in [2.45, 2.75) is 32.2 Å². The molecule has 5 heteroatoms. The van der Waals surface area contributed by atoms with Gasteiger partial charge in [-0.3, -0.25) is 9.59 Å². The molecule has 1 N–H and O–H groups in total. The van der Waals surface area contributed by atoms with Gasteiger partial charge in [-0.25, -0.2) is 4.39 Å². The predicted molar refractivity (Wildman–Crippen MR) is 72.8 cm³/mol. The Morgan fingerprint density at radius 1 is 1.30 bits per heavy atom. The van der Waals surface area contributed by atoms with E-state index in [9.17, 15) is 14.0 Å². The first-order chi connectivity index (χ1) is 9.56. The van der Waals surface area contributed by atoms with Gasteiger partial charge in [0.05, 0.1) is 0 Å². The Bertz CT molecular complexity index is 569.